The van der Waals surface area contributed by atoms with Gasteiger partial charge in [-0.25, -0.2) is 9.18 Å². The number of halogens is 1. The SMILES string of the molecule is O=C(OC[C@@H]1C[C@H](F)C(O)S1)c1ccc(-c2ccccc2)cc1. The van der Waals surface area contributed by atoms with E-state index >= 15 is 0 Å². The molecule has 0 aliphatic carbocycles. The van der Waals surface area contributed by atoms with Crippen molar-refractivity contribution in [3.05, 3.63) is 60.2 Å². The van der Waals surface area contributed by atoms with Crippen LogP contribution in [0, 0.1) is 0 Å². The quantitative estimate of drug-likeness (QED) is 0.868. The number of carbonyl (C=O) groups excluding carboxylic acids is 1. The molecule has 0 radical (unpaired) electrons. The first-order valence-corrected chi connectivity index (χ1v) is 8.38. The molecule has 2 aromatic carbocycles. The highest BCUT2D eigenvalue weighted by Crippen LogP contribution is 2.34. The highest BCUT2D eigenvalue weighted by molar-refractivity contribution is 8.00. The number of aliphatic hydroxyl groups is 1. The molecule has 3 atom stereocenters. The second-order valence-corrected chi connectivity index (χ2v) is 6.86. The molecule has 1 saturated heterocycles. The van der Waals surface area contributed by atoms with Crippen LogP contribution >= 0.6 is 11.8 Å². The molecule has 0 spiro atoms. The lowest BCUT2D eigenvalue weighted by molar-refractivity contribution is 0.0498. The molecule has 0 saturated carbocycles. The summed E-state index contributed by atoms with van der Waals surface area (Å²) in [5.41, 5.74) is 1.56. The van der Waals surface area contributed by atoms with Crippen LogP contribution in [0.3, 0.4) is 0 Å². The summed E-state index contributed by atoms with van der Waals surface area (Å²) in [4.78, 5) is 12.0. The summed E-state index contributed by atoms with van der Waals surface area (Å²) in [5.74, 6) is -0.429. The van der Waals surface area contributed by atoms with E-state index in [1.807, 2.05) is 42.5 Å². The first-order valence-electron chi connectivity index (χ1n) is 7.43. The van der Waals surface area contributed by atoms with E-state index in [-0.39, 0.29) is 18.3 Å². The van der Waals surface area contributed by atoms with Gasteiger partial charge in [0.25, 0.3) is 0 Å². The van der Waals surface area contributed by atoms with Crippen molar-refractivity contribution in [3.8, 4) is 11.1 Å². The minimum absolute atomic E-state index is 0.113. The fourth-order valence-electron chi connectivity index (χ4n) is 2.49. The number of benzene rings is 2. The van der Waals surface area contributed by atoms with Crippen LogP contribution in [0.25, 0.3) is 11.1 Å². The summed E-state index contributed by atoms with van der Waals surface area (Å²) in [6.07, 6.45) is -1.03. The number of alkyl halides is 1. The molecule has 1 heterocycles. The van der Waals surface area contributed by atoms with Crippen LogP contribution in [0.1, 0.15) is 16.8 Å². The van der Waals surface area contributed by atoms with Crippen molar-refractivity contribution in [2.75, 3.05) is 6.61 Å². The molecule has 3 nitrogen and oxygen atoms in total. The van der Waals surface area contributed by atoms with Gasteiger partial charge in [0.1, 0.15) is 18.2 Å². The van der Waals surface area contributed by atoms with Gasteiger partial charge in [-0.15, -0.1) is 11.8 Å². The third kappa shape index (κ3) is 3.92. The molecule has 120 valence electrons. The Hall–Kier alpha value is -1.85. The van der Waals surface area contributed by atoms with E-state index in [0.717, 1.165) is 22.9 Å². The maximum atomic E-state index is 13.2. The van der Waals surface area contributed by atoms with Gasteiger partial charge in [0, 0.05) is 5.25 Å². The Morgan fingerprint density at radius 3 is 2.39 bits per heavy atom. The summed E-state index contributed by atoms with van der Waals surface area (Å²) in [7, 11) is 0. The topological polar surface area (TPSA) is 46.5 Å². The van der Waals surface area contributed by atoms with Crippen LogP contribution in [0.4, 0.5) is 4.39 Å². The largest absolute Gasteiger partial charge is 0.461 e. The minimum atomic E-state index is -1.24. The maximum absolute atomic E-state index is 13.2. The van der Waals surface area contributed by atoms with Gasteiger partial charge in [0.2, 0.25) is 0 Å². The summed E-state index contributed by atoms with van der Waals surface area (Å²) >= 11 is 1.11. The van der Waals surface area contributed by atoms with Gasteiger partial charge < -0.3 is 9.84 Å². The van der Waals surface area contributed by atoms with E-state index in [1.54, 1.807) is 12.1 Å². The molecule has 2 aromatic rings. The predicted octanol–water partition coefficient (Wildman–Crippen LogP) is 3.67. The van der Waals surface area contributed by atoms with Crippen molar-refractivity contribution in [1.29, 1.82) is 0 Å². The summed E-state index contributed by atoms with van der Waals surface area (Å²) in [5, 5.41) is 9.15. The Bertz CT molecular complexity index is 650. The molecular weight excluding hydrogens is 315 g/mol. The molecule has 1 aliphatic heterocycles. The number of thioether (sulfide) groups is 1. The molecule has 3 rings (SSSR count). The molecule has 0 bridgehead atoms. The average Bonchev–Trinajstić information content (AvgIpc) is 2.92. The van der Waals surface area contributed by atoms with E-state index in [1.165, 1.54) is 0 Å². The van der Waals surface area contributed by atoms with Crippen molar-refractivity contribution in [3.63, 3.8) is 0 Å². The van der Waals surface area contributed by atoms with Crippen molar-refractivity contribution in [2.45, 2.75) is 23.3 Å². The molecule has 0 amide bonds. The zero-order chi connectivity index (χ0) is 16.2. The summed E-state index contributed by atoms with van der Waals surface area (Å²) < 4.78 is 18.4. The van der Waals surface area contributed by atoms with Gasteiger partial charge in [-0.1, -0.05) is 42.5 Å². The lowest BCUT2D eigenvalue weighted by Crippen LogP contribution is -2.15. The smallest absolute Gasteiger partial charge is 0.338 e. The summed E-state index contributed by atoms with van der Waals surface area (Å²) in [6, 6.07) is 17.1. The number of carbonyl (C=O) groups is 1. The second kappa shape index (κ2) is 7.15. The van der Waals surface area contributed by atoms with Crippen molar-refractivity contribution in [2.24, 2.45) is 0 Å². The first kappa shape index (κ1) is 16.0. The number of esters is 1. The fourth-order valence-corrected chi connectivity index (χ4v) is 3.61. The molecule has 1 unspecified atom stereocenters. The molecule has 5 heteroatoms. The molecule has 0 aromatic heterocycles. The van der Waals surface area contributed by atoms with E-state index in [0.29, 0.717) is 5.56 Å². The zero-order valence-electron chi connectivity index (χ0n) is 12.4. The number of rotatable bonds is 4. The van der Waals surface area contributed by atoms with Crippen LogP contribution in [-0.2, 0) is 4.74 Å². The van der Waals surface area contributed by atoms with E-state index in [2.05, 4.69) is 0 Å². The Kier molecular flexibility index (Phi) is 4.98. The van der Waals surface area contributed by atoms with Crippen molar-refractivity contribution < 1.29 is 19.0 Å². The van der Waals surface area contributed by atoms with E-state index in [4.69, 9.17) is 4.74 Å². The molecule has 23 heavy (non-hydrogen) atoms. The Balaban J connectivity index is 1.58. The molecule has 1 N–H and O–H groups in total. The second-order valence-electron chi connectivity index (χ2n) is 5.44. The van der Waals surface area contributed by atoms with Gasteiger partial charge >= 0.3 is 5.97 Å². The lowest BCUT2D eigenvalue weighted by Gasteiger charge is -2.10. The van der Waals surface area contributed by atoms with Gasteiger partial charge in [0.15, 0.2) is 0 Å². The zero-order valence-corrected chi connectivity index (χ0v) is 13.2. The number of hydrogen-bond donors (Lipinski definition) is 1. The number of ether oxygens (including phenoxy) is 1. The molecule has 1 fully saturated rings. The van der Waals surface area contributed by atoms with E-state index < -0.39 is 17.6 Å². The van der Waals surface area contributed by atoms with Crippen LogP contribution in [0.15, 0.2) is 54.6 Å². The third-order valence-corrected chi connectivity index (χ3v) is 5.04. The molecule has 1 aliphatic rings. The lowest BCUT2D eigenvalue weighted by atomic mass is 10.0. The predicted molar refractivity (Wildman–Crippen MR) is 89.1 cm³/mol. The van der Waals surface area contributed by atoms with Crippen molar-refractivity contribution >= 4 is 17.7 Å². The van der Waals surface area contributed by atoms with Gasteiger partial charge in [-0.3, -0.25) is 0 Å². The monoisotopic (exact) mass is 332 g/mol. The van der Waals surface area contributed by atoms with Gasteiger partial charge in [0.05, 0.1) is 5.56 Å². The van der Waals surface area contributed by atoms with Crippen LogP contribution in [0.2, 0.25) is 0 Å². The fraction of sp³-hybridized carbons (Fsp3) is 0.278. The average molecular weight is 332 g/mol. The van der Waals surface area contributed by atoms with Gasteiger partial charge in [-0.05, 0) is 29.7 Å². The number of aliphatic hydroxyl groups excluding tert-OH is 1. The summed E-state index contributed by atoms with van der Waals surface area (Å²) in [6.45, 7) is 0.113. The van der Waals surface area contributed by atoms with Crippen LogP contribution in [0.5, 0.6) is 0 Å². The van der Waals surface area contributed by atoms with E-state index in [9.17, 15) is 14.3 Å². The third-order valence-electron chi connectivity index (χ3n) is 3.76. The first-order chi connectivity index (χ1) is 11.1. The standard InChI is InChI=1S/C18H17FO3S/c19-16-10-15(23-18(16)21)11-22-17(20)14-8-6-13(7-9-14)12-4-2-1-3-5-12/h1-9,15-16,18,21H,10-11H2/t15-,16-,18?/m0/s1. The van der Waals surface area contributed by atoms with Crippen LogP contribution < -0.4 is 0 Å². The maximum Gasteiger partial charge on any atom is 0.338 e. The Morgan fingerprint density at radius 2 is 1.78 bits per heavy atom. The Labute approximate surface area is 138 Å². The molecular formula is C18H17FO3S. The highest BCUT2D eigenvalue weighted by atomic mass is 32.2. The Morgan fingerprint density at radius 1 is 1.13 bits per heavy atom. The van der Waals surface area contributed by atoms with Crippen molar-refractivity contribution in [1.82, 2.24) is 0 Å². The van der Waals surface area contributed by atoms with Crippen LogP contribution in [-0.4, -0.2) is 34.5 Å². The highest BCUT2D eigenvalue weighted by Gasteiger charge is 2.34. The normalized spacial score (nSPS) is 23.7. The number of hydrogen-bond acceptors (Lipinski definition) is 4. The minimum Gasteiger partial charge on any atom is -0.461 e. The van der Waals surface area contributed by atoms with Gasteiger partial charge in [-0.2, -0.15) is 0 Å².